The molecule has 0 aromatic carbocycles. The number of rotatable bonds is 4. The summed E-state index contributed by atoms with van der Waals surface area (Å²) in [6.45, 7) is 1.94. The number of hydrogen-bond acceptors (Lipinski definition) is 5. The molecule has 1 aromatic rings. The Bertz CT molecular complexity index is 465. The van der Waals surface area contributed by atoms with Crippen LogP contribution in [0.1, 0.15) is 17.4 Å². The standard InChI is InChI=1S/C7H10N2O4S2/c1-3-9(2)15(12,13)7-5(6(10)11)8-4-14-7/h4H,3H2,1-2H3,(H,10,11). The van der Waals surface area contributed by atoms with Gasteiger partial charge in [-0.2, -0.15) is 0 Å². The molecule has 0 amide bonds. The molecule has 0 saturated carbocycles. The number of carboxylic acid groups (broad SMARTS) is 1. The first kappa shape index (κ1) is 12.1. The number of carboxylic acids is 1. The Kier molecular flexibility index (Phi) is 3.42. The molecular formula is C7H10N2O4S2. The molecule has 1 aromatic heterocycles. The van der Waals surface area contributed by atoms with E-state index in [9.17, 15) is 13.2 Å². The first-order valence-corrected chi connectivity index (χ1v) is 6.36. The van der Waals surface area contributed by atoms with E-state index in [0.717, 1.165) is 15.6 Å². The van der Waals surface area contributed by atoms with Gasteiger partial charge in [-0.05, 0) is 0 Å². The van der Waals surface area contributed by atoms with E-state index in [1.165, 1.54) is 12.6 Å². The number of hydrogen-bond donors (Lipinski definition) is 1. The van der Waals surface area contributed by atoms with Crippen molar-refractivity contribution in [1.29, 1.82) is 0 Å². The maximum absolute atomic E-state index is 11.8. The number of aromatic nitrogens is 1. The molecule has 0 aliphatic carbocycles. The molecule has 0 atom stereocenters. The van der Waals surface area contributed by atoms with Crippen LogP contribution in [0.3, 0.4) is 0 Å². The fraction of sp³-hybridized carbons (Fsp3) is 0.429. The number of sulfonamides is 1. The number of carbonyl (C=O) groups is 1. The van der Waals surface area contributed by atoms with Gasteiger partial charge in [0.05, 0.1) is 5.51 Å². The van der Waals surface area contributed by atoms with Crippen molar-refractivity contribution >= 4 is 27.3 Å². The van der Waals surface area contributed by atoms with Crippen molar-refractivity contribution in [3.63, 3.8) is 0 Å². The Hall–Kier alpha value is -0.990. The Morgan fingerprint density at radius 2 is 2.27 bits per heavy atom. The van der Waals surface area contributed by atoms with Crippen LogP contribution < -0.4 is 0 Å². The minimum absolute atomic E-state index is 0.223. The van der Waals surface area contributed by atoms with Crippen molar-refractivity contribution in [2.75, 3.05) is 13.6 Å². The summed E-state index contributed by atoms with van der Waals surface area (Å²) in [5, 5.41) is 8.73. The Morgan fingerprint density at radius 3 is 2.73 bits per heavy atom. The summed E-state index contributed by atoms with van der Waals surface area (Å²) >= 11 is 0.807. The van der Waals surface area contributed by atoms with Gasteiger partial charge in [-0.25, -0.2) is 22.5 Å². The molecule has 1 rings (SSSR count). The van der Waals surface area contributed by atoms with Gasteiger partial charge in [-0.15, -0.1) is 11.3 Å². The van der Waals surface area contributed by atoms with E-state index < -0.39 is 21.7 Å². The maximum atomic E-state index is 11.8. The van der Waals surface area contributed by atoms with Crippen LogP contribution in [0.15, 0.2) is 9.72 Å². The lowest BCUT2D eigenvalue weighted by Gasteiger charge is -2.13. The molecule has 0 radical (unpaired) electrons. The first-order chi connectivity index (χ1) is 6.91. The van der Waals surface area contributed by atoms with E-state index in [4.69, 9.17) is 5.11 Å². The van der Waals surface area contributed by atoms with Crippen molar-refractivity contribution in [3.8, 4) is 0 Å². The van der Waals surface area contributed by atoms with Gasteiger partial charge in [0.2, 0.25) is 0 Å². The van der Waals surface area contributed by atoms with Crippen LogP contribution in [0.4, 0.5) is 0 Å². The first-order valence-electron chi connectivity index (χ1n) is 4.04. The largest absolute Gasteiger partial charge is 0.476 e. The SMILES string of the molecule is CCN(C)S(=O)(=O)c1scnc1C(=O)O. The average molecular weight is 250 g/mol. The summed E-state index contributed by atoms with van der Waals surface area (Å²) in [5.41, 5.74) is 0.792. The maximum Gasteiger partial charge on any atom is 0.356 e. The molecule has 84 valence electrons. The minimum atomic E-state index is -3.71. The molecule has 1 heterocycles. The summed E-state index contributed by atoms with van der Waals surface area (Å²) in [4.78, 5) is 14.2. The fourth-order valence-corrected chi connectivity index (χ4v) is 3.38. The van der Waals surface area contributed by atoms with Gasteiger partial charge in [0, 0.05) is 13.6 Å². The summed E-state index contributed by atoms with van der Waals surface area (Å²) in [6.07, 6.45) is 0. The van der Waals surface area contributed by atoms with Crippen molar-refractivity contribution in [3.05, 3.63) is 11.2 Å². The number of aromatic carboxylic acids is 1. The number of thiazole rings is 1. The van der Waals surface area contributed by atoms with E-state index in [1.54, 1.807) is 6.92 Å². The molecule has 8 heteroatoms. The van der Waals surface area contributed by atoms with Crippen LogP contribution in [-0.4, -0.2) is 42.4 Å². The highest BCUT2D eigenvalue weighted by Crippen LogP contribution is 2.22. The summed E-state index contributed by atoms with van der Waals surface area (Å²) in [5.74, 6) is -1.33. The quantitative estimate of drug-likeness (QED) is 0.839. The molecule has 6 nitrogen and oxygen atoms in total. The molecule has 0 unspecified atom stereocenters. The van der Waals surface area contributed by atoms with E-state index >= 15 is 0 Å². The zero-order chi connectivity index (χ0) is 11.6. The predicted molar refractivity (Wildman–Crippen MR) is 54.6 cm³/mol. The van der Waals surface area contributed by atoms with Gasteiger partial charge < -0.3 is 5.11 Å². The normalized spacial score (nSPS) is 11.9. The van der Waals surface area contributed by atoms with E-state index in [1.807, 2.05) is 0 Å². The third-order valence-electron chi connectivity index (χ3n) is 1.83. The molecule has 0 fully saturated rings. The highest BCUT2D eigenvalue weighted by atomic mass is 32.2. The second-order valence-corrected chi connectivity index (χ2v) is 5.81. The molecule has 0 aliphatic heterocycles. The third-order valence-corrected chi connectivity index (χ3v) is 5.11. The van der Waals surface area contributed by atoms with Crippen LogP contribution in [0.25, 0.3) is 0 Å². The second kappa shape index (κ2) is 4.25. The van der Waals surface area contributed by atoms with Crippen LogP contribution >= 0.6 is 11.3 Å². The van der Waals surface area contributed by atoms with Crippen LogP contribution in [-0.2, 0) is 10.0 Å². The molecule has 0 saturated heterocycles. The molecule has 0 spiro atoms. The highest BCUT2D eigenvalue weighted by Gasteiger charge is 2.28. The molecule has 0 bridgehead atoms. The smallest absolute Gasteiger partial charge is 0.356 e. The monoisotopic (exact) mass is 250 g/mol. The molecule has 1 N–H and O–H groups in total. The van der Waals surface area contributed by atoms with Gasteiger partial charge in [0.1, 0.15) is 0 Å². The number of nitrogens with zero attached hydrogens (tertiary/aromatic N) is 2. The lowest BCUT2D eigenvalue weighted by molar-refractivity contribution is 0.0687. The van der Waals surface area contributed by atoms with Gasteiger partial charge in [-0.3, -0.25) is 0 Å². The van der Waals surface area contributed by atoms with Crippen LogP contribution in [0.2, 0.25) is 0 Å². The second-order valence-electron chi connectivity index (χ2n) is 2.71. The van der Waals surface area contributed by atoms with Crippen LogP contribution in [0, 0.1) is 0 Å². The summed E-state index contributed by atoms with van der Waals surface area (Å²) < 4.78 is 24.4. The predicted octanol–water partition coefficient (Wildman–Crippen LogP) is 0.482. The summed E-state index contributed by atoms with van der Waals surface area (Å²) in [7, 11) is -2.32. The minimum Gasteiger partial charge on any atom is -0.476 e. The van der Waals surface area contributed by atoms with E-state index in [0.29, 0.717) is 0 Å². The van der Waals surface area contributed by atoms with Gasteiger partial charge in [0.25, 0.3) is 10.0 Å². The lowest BCUT2D eigenvalue weighted by atomic mass is 10.5. The zero-order valence-electron chi connectivity index (χ0n) is 8.17. The van der Waals surface area contributed by atoms with E-state index in [-0.39, 0.29) is 10.8 Å². The average Bonchev–Trinajstić information content (AvgIpc) is 2.65. The third kappa shape index (κ3) is 2.16. The highest BCUT2D eigenvalue weighted by molar-refractivity contribution is 7.91. The lowest BCUT2D eigenvalue weighted by Crippen LogP contribution is -2.27. The van der Waals surface area contributed by atoms with Gasteiger partial charge >= 0.3 is 5.97 Å². The van der Waals surface area contributed by atoms with Crippen molar-refractivity contribution in [2.45, 2.75) is 11.1 Å². The van der Waals surface area contributed by atoms with E-state index in [2.05, 4.69) is 4.98 Å². The molecular weight excluding hydrogens is 240 g/mol. The van der Waals surface area contributed by atoms with Crippen molar-refractivity contribution in [2.24, 2.45) is 0 Å². The fourth-order valence-electron chi connectivity index (χ4n) is 0.872. The van der Waals surface area contributed by atoms with Crippen LogP contribution in [0.5, 0.6) is 0 Å². The Balaban J connectivity index is 3.28. The van der Waals surface area contributed by atoms with Crippen molar-refractivity contribution in [1.82, 2.24) is 9.29 Å². The summed E-state index contributed by atoms with van der Waals surface area (Å²) in [6, 6.07) is 0. The van der Waals surface area contributed by atoms with Crippen molar-refractivity contribution < 1.29 is 18.3 Å². The zero-order valence-corrected chi connectivity index (χ0v) is 9.80. The van der Waals surface area contributed by atoms with Gasteiger partial charge in [0.15, 0.2) is 9.90 Å². The molecule has 15 heavy (non-hydrogen) atoms. The molecule has 0 aliphatic rings. The Labute approximate surface area is 91.2 Å². The van der Waals surface area contributed by atoms with Gasteiger partial charge in [-0.1, -0.05) is 6.92 Å². The Morgan fingerprint density at radius 1 is 1.67 bits per heavy atom. The topological polar surface area (TPSA) is 87.6 Å².